The van der Waals surface area contributed by atoms with E-state index in [9.17, 15) is 5.11 Å². The van der Waals surface area contributed by atoms with Crippen molar-refractivity contribution in [3.63, 3.8) is 0 Å². The van der Waals surface area contributed by atoms with Crippen molar-refractivity contribution in [2.45, 2.75) is 32.4 Å². The van der Waals surface area contributed by atoms with E-state index < -0.39 is 6.10 Å². The number of aliphatic hydroxyl groups excluding tert-OH is 1. The van der Waals surface area contributed by atoms with Crippen LogP contribution in [-0.2, 0) is 20.0 Å². The summed E-state index contributed by atoms with van der Waals surface area (Å²) in [7, 11) is 2.10. The molecule has 0 amide bonds. The molecule has 2 aromatic carbocycles. The average Bonchev–Trinajstić information content (AvgIpc) is 2.88. The van der Waals surface area contributed by atoms with Crippen LogP contribution in [0.2, 0.25) is 0 Å². The Morgan fingerprint density at radius 3 is 2.60 bits per heavy atom. The first kappa shape index (κ1) is 18.2. The van der Waals surface area contributed by atoms with E-state index >= 15 is 0 Å². The summed E-state index contributed by atoms with van der Waals surface area (Å²) in [5, 5.41) is 10.5. The lowest BCUT2D eigenvalue weighted by Crippen LogP contribution is -2.34. The highest BCUT2D eigenvalue weighted by molar-refractivity contribution is 14.1. The molecule has 0 saturated carbocycles. The molecule has 5 heteroatoms. The number of aromatic nitrogens is 2. The summed E-state index contributed by atoms with van der Waals surface area (Å²) in [6, 6.07) is 16.2. The van der Waals surface area contributed by atoms with Crippen molar-refractivity contribution in [1.29, 1.82) is 0 Å². The number of halogens is 1. The Hall–Kier alpha value is -1.60. The third kappa shape index (κ3) is 4.15. The van der Waals surface area contributed by atoms with Crippen LogP contribution in [0.25, 0.3) is 11.0 Å². The summed E-state index contributed by atoms with van der Waals surface area (Å²) in [5.74, 6) is 2.02. The molecule has 1 atom stereocenters. The van der Waals surface area contributed by atoms with Gasteiger partial charge in [-0.2, -0.15) is 0 Å². The van der Waals surface area contributed by atoms with Crippen LogP contribution in [0, 0.1) is 3.57 Å². The van der Waals surface area contributed by atoms with Crippen molar-refractivity contribution < 1.29 is 14.4 Å². The number of aryl methyl sites for hydroxylation is 1. The molecule has 0 fully saturated rings. The van der Waals surface area contributed by atoms with Gasteiger partial charge in [0.1, 0.15) is 25.0 Å². The molecule has 0 aliphatic heterocycles. The fourth-order valence-electron chi connectivity index (χ4n) is 3.15. The van der Waals surface area contributed by atoms with Crippen LogP contribution < -0.4 is 9.30 Å². The number of nitrogens with zero attached hydrogens (tertiary/aromatic N) is 2. The highest BCUT2D eigenvalue weighted by Crippen LogP contribution is 2.17. The minimum Gasteiger partial charge on any atom is -0.491 e. The second-order valence-corrected chi connectivity index (χ2v) is 7.49. The third-order valence-corrected chi connectivity index (χ3v) is 5.07. The van der Waals surface area contributed by atoms with Gasteiger partial charge in [-0.1, -0.05) is 19.1 Å². The molecule has 4 nitrogen and oxygen atoms in total. The normalized spacial score (nSPS) is 12.5. The predicted molar refractivity (Wildman–Crippen MR) is 108 cm³/mol. The number of fused-ring (bicyclic) bond motifs is 1. The molecule has 25 heavy (non-hydrogen) atoms. The zero-order valence-electron chi connectivity index (χ0n) is 14.7. The minimum atomic E-state index is -0.564. The second-order valence-electron chi connectivity index (χ2n) is 6.24. The Kier molecular flexibility index (Phi) is 5.96. The number of hydrogen-bond donors (Lipinski definition) is 1. The van der Waals surface area contributed by atoms with E-state index in [4.69, 9.17) is 4.74 Å². The third-order valence-electron chi connectivity index (χ3n) is 4.36. The van der Waals surface area contributed by atoms with Gasteiger partial charge in [0.15, 0.2) is 11.0 Å². The van der Waals surface area contributed by atoms with E-state index in [2.05, 4.69) is 63.9 Å². The molecule has 1 aromatic heterocycles. The minimum absolute atomic E-state index is 0.280. The highest BCUT2D eigenvalue weighted by Gasteiger charge is 2.23. The van der Waals surface area contributed by atoms with E-state index in [1.54, 1.807) is 0 Å². The molecule has 0 saturated heterocycles. The summed E-state index contributed by atoms with van der Waals surface area (Å²) in [4.78, 5) is 0. The van der Waals surface area contributed by atoms with Gasteiger partial charge in [-0.3, -0.25) is 0 Å². The molecule has 0 spiro atoms. The topological polar surface area (TPSA) is 38.3 Å². The molecular weight excluding hydrogens is 427 g/mol. The van der Waals surface area contributed by atoms with Crippen LogP contribution in [0.5, 0.6) is 5.75 Å². The summed E-state index contributed by atoms with van der Waals surface area (Å²) < 4.78 is 11.4. The van der Waals surface area contributed by atoms with Crippen molar-refractivity contribution >= 4 is 33.6 Å². The van der Waals surface area contributed by atoms with Gasteiger partial charge in [0, 0.05) is 9.99 Å². The van der Waals surface area contributed by atoms with Crippen molar-refractivity contribution in [2.24, 2.45) is 7.05 Å². The SMILES string of the molecule is CCCc1n(C[C@H](O)COc2ccc(I)cc2)c2ccccc2[n+]1C. The Balaban J connectivity index is 1.77. The standard InChI is InChI=1S/C20H24IN2O2/c1-3-6-20-22(2)18-7-4-5-8-19(18)23(20)13-16(24)14-25-17-11-9-15(21)10-12-17/h4-5,7-12,16,24H,3,6,13-14H2,1-2H3/q+1/t16-/m0/s1. The maximum atomic E-state index is 10.5. The van der Waals surface area contributed by atoms with Crippen molar-refractivity contribution in [1.82, 2.24) is 4.57 Å². The number of aliphatic hydroxyl groups is 1. The maximum absolute atomic E-state index is 10.5. The molecule has 132 valence electrons. The monoisotopic (exact) mass is 451 g/mol. The highest BCUT2D eigenvalue weighted by atomic mass is 127. The van der Waals surface area contributed by atoms with Gasteiger partial charge in [-0.25, -0.2) is 9.13 Å². The van der Waals surface area contributed by atoms with E-state index in [0.29, 0.717) is 6.54 Å². The number of hydrogen-bond acceptors (Lipinski definition) is 2. The van der Waals surface area contributed by atoms with Gasteiger partial charge in [0.2, 0.25) is 0 Å². The molecule has 0 aliphatic rings. The molecule has 3 aromatic rings. The summed E-state index contributed by atoms with van der Waals surface area (Å²) >= 11 is 2.26. The van der Waals surface area contributed by atoms with Crippen LogP contribution in [-0.4, -0.2) is 22.4 Å². The number of imidazole rings is 1. The van der Waals surface area contributed by atoms with Gasteiger partial charge in [0.25, 0.3) is 5.82 Å². The van der Waals surface area contributed by atoms with Crippen LogP contribution >= 0.6 is 22.6 Å². The number of benzene rings is 2. The molecule has 1 N–H and O–H groups in total. The molecule has 3 rings (SSSR count). The van der Waals surface area contributed by atoms with Crippen molar-refractivity contribution in [3.05, 3.63) is 57.9 Å². The molecular formula is C20H24IN2O2+. The fourth-order valence-corrected chi connectivity index (χ4v) is 3.51. The number of para-hydroxylation sites is 2. The lowest BCUT2D eigenvalue weighted by molar-refractivity contribution is -0.654. The number of ether oxygens (including phenoxy) is 1. The zero-order chi connectivity index (χ0) is 17.8. The predicted octanol–water partition coefficient (Wildman–Crippen LogP) is 3.46. The van der Waals surface area contributed by atoms with Crippen LogP contribution in [0.4, 0.5) is 0 Å². The van der Waals surface area contributed by atoms with Crippen LogP contribution in [0.15, 0.2) is 48.5 Å². The van der Waals surface area contributed by atoms with Crippen molar-refractivity contribution in [2.75, 3.05) is 6.61 Å². The van der Waals surface area contributed by atoms with E-state index in [1.165, 1.54) is 14.9 Å². The Bertz CT molecular complexity index is 843. The second kappa shape index (κ2) is 8.19. The van der Waals surface area contributed by atoms with Gasteiger partial charge in [-0.15, -0.1) is 0 Å². The number of rotatable bonds is 7. The molecule has 0 unspecified atom stereocenters. The quantitative estimate of drug-likeness (QED) is 0.442. The molecule has 0 aliphatic carbocycles. The fraction of sp³-hybridized carbons (Fsp3) is 0.350. The van der Waals surface area contributed by atoms with E-state index in [-0.39, 0.29) is 6.61 Å². The lowest BCUT2D eigenvalue weighted by Gasteiger charge is -2.12. The first-order valence-corrected chi connectivity index (χ1v) is 9.70. The van der Waals surface area contributed by atoms with Gasteiger partial charge >= 0.3 is 0 Å². The molecule has 1 heterocycles. The lowest BCUT2D eigenvalue weighted by atomic mass is 10.3. The van der Waals surface area contributed by atoms with Gasteiger partial charge in [0.05, 0.1) is 7.05 Å². The van der Waals surface area contributed by atoms with E-state index in [0.717, 1.165) is 24.1 Å². The summed E-state index contributed by atoms with van der Waals surface area (Å²) in [6.45, 7) is 2.99. The molecule has 0 radical (unpaired) electrons. The molecule has 0 bridgehead atoms. The Labute approximate surface area is 162 Å². The zero-order valence-corrected chi connectivity index (χ0v) is 16.8. The first-order chi connectivity index (χ1) is 12.1. The first-order valence-electron chi connectivity index (χ1n) is 8.62. The summed E-state index contributed by atoms with van der Waals surface area (Å²) in [5.41, 5.74) is 2.35. The maximum Gasteiger partial charge on any atom is 0.257 e. The Morgan fingerprint density at radius 2 is 1.88 bits per heavy atom. The van der Waals surface area contributed by atoms with Crippen LogP contribution in [0.3, 0.4) is 0 Å². The van der Waals surface area contributed by atoms with E-state index in [1.807, 2.05) is 30.3 Å². The summed E-state index contributed by atoms with van der Waals surface area (Å²) in [6.07, 6.45) is 1.49. The van der Waals surface area contributed by atoms with Gasteiger partial charge in [-0.05, 0) is 65.4 Å². The average molecular weight is 451 g/mol. The largest absolute Gasteiger partial charge is 0.491 e. The van der Waals surface area contributed by atoms with Crippen LogP contribution in [0.1, 0.15) is 19.2 Å². The smallest absolute Gasteiger partial charge is 0.257 e. The van der Waals surface area contributed by atoms with Crippen molar-refractivity contribution in [3.8, 4) is 5.75 Å². The Morgan fingerprint density at radius 1 is 1.16 bits per heavy atom. The van der Waals surface area contributed by atoms with Gasteiger partial charge < -0.3 is 9.84 Å².